The van der Waals surface area contributed by atoms with E-state index in [1.165, 1.54) is 12.1 Å². The summed E-state index contributed by atoms with van der Waals surface area (Å²) in [5.74, 6) is -3.28. The van der Waals surface area contributed by atoms with E-state index in [-0.39, 0.29) is 21.5 Å². The number of carbonyl (C=O) groups is 1. The zero-order valence-corrected chi connectivity index (χ0v) is 14.7. The molecule has 0 fully saturated rings. The molecule has 0 N–H and O–H groups in total. The van der Waals surface area contributed by atoms with Gasteiger partial charge in [-0.25, -0.2) is 13.6 Å². The molecule has 0 aliphatic rings. The average Bonchev–Trinajstić information content (AvgIpc) is 2.50. The number of ether oxygens (including phenoxy) is 1. The number of rotatable bonds is 5. The molecule has 5 nitrogen and oxygen atoms in total. The molecule has 128 valence electrons. The third kappa shape index (κ3) is 4.09. The first kappa shape index (κ1) is 18.3. The van der Waals surface area contributed by atoms with Crippen molar-refractivity contribution >= 4 is 32.0 Å². The second kappa shape index (κ2) is 7.27. The van der Waals surface area contributed by atoms with E-state index in [9.17, 15) is 22.0 Å². The maximum Gasteiger partial charge on any atom is 0.340 e. The van der Waals surface area contributed by atoms with Gasteiger partial charge in [0.2, 0.25) is 0 Å². The summed E-state index contributed by atoms with van der Waals surface area (Å²) in [6.07, 6.45) is 0. The number of benzene rings is 2. The van der Waals surface area contributed by atoms with E-state index in [0.717, 1.165) is 18.2 Å². The molecule has 0 saturated heterocycles. The van der Waals surface area contributed by atoms with Gasteiger partial charge >= 0.3 is 16.1 Å². The molecule has 2 rings (SSSR count). The number of esters is 1. The minimum Gasteiger partial charge on any atom is -0.462 e. The number of hydrogen-bond acceptors (Lipinski definition) is 5. The average molecular weight is 421 g/mol. The van der Waals surface area contributed by atoms with Crippen LogP contribution in [0.2, 0.25) is 0 Å². The maximum atomic E-state index is 13.5. The number of halogens is 3. The second-order valence-corrected chi connectivity index (χ2v) is 6.85. The predicted octanol–water partition coefficient (Wildman–Crippen LogP) is 3.67. The molecule has 2 aromatic rings. The smallest absolute Gasteiger partial charge is 0.340 e. The SMILES string of the molecule is CCOC(=O)c1ccc(S(=O)(=O)Oc2ccc(F)cc2F)c(Br)c1. The van der Waals surface area contributed by atoms with E-state index in [0.29, 0.717) is 6.07 Å². The first-order valence-electron chi connectivity index (χ1n) is 6.61. The van der Waals surface area contributed by atoms with E-state index in [1.54, 1.807) is 6.92 Å². The van der Waals surface area contributed by atoms with Gasteiger partial charge in [-0.05, 0) is 53.2 Å². The summed E-state index contributed by atoms with van der Waals surface area (Å²) in [7, 11) is -4.40. The molecule has 0 unspecified atom stereocenters. The Morgan fingerprint density at radius 1 is 1.17 bits per heavy atom. The lowest BCUT2D eigenvalue weighted by molar-refractivity contribution is 0.0526. The molecule has 9 heteroatoms. The van der Waals surface area contributed by atoms with Gasteiger partial charge < -0.3 is 8.92 Å². The molecule has 0 saturated carbocycles. The third-order valence-corrected chi connectivity index (χ3v) is 5.02. The molecule has 0 atom stereocenters. The van der Waals surface area contributed by atoms with Crippen LogP contribution in [-0.4, -0.2) is 21.0 Å². The van der Waals surface area contributed by atoms with Crippen molar-refractivity contribution < 1.29 is 30.9 Å². The van der Waals surface area contributed by atoms with E-state index in [1.807, 2.05) is 0 Å². The van der Waals surface area contributed by atoms with Gasteiger partial charge in [-0.3, -0.25) is 0 Å². The predicted molar refractivity (Wildman–Crippen MR) is 84.3 cm³/mol. The molecule has 0 aromatic heterocycles. The summed E-state index contributed by atoms with van der Waals surface area (Å²) in [6, 6.07) is 5.84. The highest BCUT2D eigenvalue weighted by molar-refractivity contribution is 9.10. The summed E-state index contributed by atoms with van der Waals surface area (Å²) >= 11 is 3.03. The molecular formula is C15H11BrF2O5S. The maximum absolute atomic E-state index is 13.5. The van der Waals surface area contributed by atoms with Gasteiger partial charge in [0.1, 0.15) is 10.7 Å². The minimum absolute atomic E-state index is 0.0376. The van der Waals surface area contributed by atoms with Crippen LogP contribution < -0.4 is 4.18 Å². The lowest BCUT2D eigenvalue weighted by Crippen LogP contribution is -2.12. The Bertz CT molecular complexity index is 883. The Morgan fingerprint density at radius 3 is 2.46 bits per heavy atom. The van der Waals surface area contributed by atoms with E-state index >= 15 is 0 Å². The van der Waals surface area contributed by atoms with Crippen molar-refractivity contribution in [1.29, 1.82) is 0 Å². The lowest BCUT2D eigenvalue weighted by Gasteiger charge is -2.10. The molecule has 0 spiro atoms. The molecule has 0 amide bonds. The van der Waals surface area contributed by atoms with E-state index < -0.39 is 33.5 Å². The van der Waals surface area contributed by atoms with Gasteiger partial charge in [0.15, 0.2) is 11.6 Å². The topological polar surface area (TPSA) is 69.7 Å². The fourth-order valence-corrected chi connectivity index (χ4v) is 3.72. The van der Waals surface area contributed by atoms with Crippen molar-refractivity contribution in [1.82, 2.24) is 0 Å². The Kier molecular flexibility index (Phi) is 5.55. The summed E-state index contributed by atoms with van der Waals surface area (Å²) < 4.78 is 60.4. The quantitative estimate of drug-likeness (QED) is 0.545. The molecule has 0 aliphatic heterocycles. The van der Waals surface area contributed by atoms with Crippen LogP contribution >= 0.6 is 15.9 Å². The zero-order valence-electron chi connectivity index (χ0n) is 12.3. The fraction of sp³-hybridized carbons (Fsp3) is 0.133. The van der Waals surface area contributed by atoms with Crippen molar-refractivity contribution in [2.45, 2.75) is 11.8 Å². The Morgan fingerprint density at radius 2 is 1.88 bits per heavy atom. The van der Waals surface area contributed by atoms with Crippen LogP contribution in [0.15, 0.2) is 45.8 Å². The van der Waals surface area contributed by atoms with Gasteiger partial charge in [0.25, 0.3) is 0 Å². The van der Waals surface area contributed by atoms with Crippen LogP contribution in [0.1, 0.15) is 17.3 Å². The number of hydrogen-bond donors (Lipinski definition) is 0. The van der Waals surface area contributed by atoms with Gasteiger partial charge in [-0.1, -0.05) is 0 Å². The molecular weight excluding hydrogens is 410 g/mol. The number of carbonyl (C=O) groups excluding carboxylic acids is 1. The Hall–Kier alpha value is -2.00. The van der Waals surface area contributed by atoms with E-state index in [4.69, 9.17) is 4.74 Å². The zero-order chi connectivity index (χ0) is 17.9. The van der Waals surface area contributed by atoms with Gasteiger partial charge in [0, 0.05) is 10.5 Å². The first-order valence-corrected chi connectivity index (χ1v) is 8.81. The van der Waals surface area contributed by atoms with Crippen molar-refractivity contribution in [3.8, 4) is 5.75 Å². The molecule has 24 heavy (non-hydrogen) atoms. The molecule has 0 heterocycles. The van der Waals surface area contributed by atoms with Crippen LogP contribution in [0.5, 0.6) is 5.75 Å². The molecule has 0 aliphatic carbocycles. The summed E-state index contributed by atoms with van der Waals surface area (Å²) in [5.41, 5.74) is 0.135. The Balaban J connectivity index is 2.34. The highest BCUT2D eigenvalue weighted by Gasteiger charge is 2.23. The normalized spacial score (nSPS) is 11.2. The molecule has 0 bridgehead atoms. The van der Waals surface area contributed by atoms with Crippen LogP contribution in [0, 0.1) is 11.6 Å². The lowest BCUT2D eigenvalue weighted by atomic mass is 10.2. The molecule has 2 aromatic carbocycles. The highest BCUT2D eigenvalue weighted by Crippen LogP contribution is 2.28. The van der Waals surface area contributed by atoms with Crippen LogP contribution in [-0.2, 0) is 14.9 Å². The second-order valence-electron chi connectivity index (χ2n) is 4.48. The van der Waals surface area contributed by atoms with E-state index in [2.05, 4.69) is 20.1 Å². The van der Waals surface area contributed by atoms with Crippen LogP contribution in [0.4, 0.5) is 8.78 Å². The summed E-state index contributed by atoms with van der Waals surface area (Å²) in [5, 5.41) is 0. The third-order valence-electron chi connectivity index (χ3n) is 2.81. The van der Waals surface area contributed by atoms with Gasteiger partial charge in [0.05, 0.1) is 12.2 Å². The monoisotopic (exact) mass is 420 g/mol. The summed E-state index contributed by atoms with van der Waals surface area (Å²) in [4.78, 5) is 11.3. The summed E-state index contributed by atoms with van der Waals surface area (Å²) in [6.45, 7) is 1.81. The van der Waals surface area contributed by atoms with Crippen molar-refractivity contribution in [2.24, 2.45) is 0 Å². The van der Waals surface area contributed by atoms with Crippen molar-refractivity contribution in [2.75, 3.05) is 6.61 Å². The van der Waals surface area contributed by atoms with Crippen molar-refractivity contribution in [3.63, 3.8) is 0 Å². The van der Waals surface area contributed by atoms with Crippen LogP contribution in [0.25, 0.3) is 0 Å². The standard InChI is InChI=1S/C15H11BrF2O5S/c1-2-22-15(19)9-3-6-14(11(16)7-9)24(20,21)23-13-5-4-10(17)8-12(13)18/h3-8H,2H2,1H3. The molecule has 0 radical (unpaired) electrons. The highest BCUT2D eigenvalue weighted by atomic mass is 79.9. The van der Waals surface area contributed by atoms with Gasteiger partial charge in [-0.2, -0.15) is 8.42 Å². The minimum atomic E-state index is -4.40. The first-order chi connectivity index (χ1) is 11.2. The largest absolute Gasteiger partial charge is 0.462 e. The van der Waals surface area contributed by atoms with Gasteiger partial charge in [-0.15, -0.1) is 0 Å². The van der Waals surface area contributed by atoms with Crippen molar-refractivity contribution in [3.05, 3.63) is 58.1 Å². The van der Waals surface area contributed by atoms with Crippen LogP contribution in [0.3, 0.4) is 0 Å². The Labute approximate surface area is 145 Å². The fourth-order valence-electron chi connectivity index (χ4n) is 1.75.